The summed E-state index contributed by atoms with van der Waals surface area (Å²) in [5.74, 6) is -0.418. The Morgan fingerprint density at radius 2 is 1.75 bits per heavy atom. The predicted octanol–water partition coefficient (Wildman–Crippen LogP) is 3.42. The van der Waals surface area contributed by atoms with Gasteiger partial charge >= 0.3 is 0 Å². The molecule has 1 fully saturated rings. The zero-order valence-electron chi connectivity index (χ0n) is 18.2. The van der Waals surface area contributed by atoms with Gasteiger partial charge in [-0.05, 0) is 61.5 Å². The van der Waals surface area contributed by atoms with Crippen LogP contribution in [0.4, 0.5) is 0 Å². The molecule has 32 heavy (non-hydrogen) atoms. The van der Waals surface area contributed by atoms with Crippen molar-refractivity contribution < 1.29 is 16.8 Å². The van der Waals surface area contributed by atoms with Crippen LogP contribution in [0.25, 0.3) is 0 Å². The predicted molar refractivity (Wildman–Crippen MR) is 126 cm³/mol. The van der Waals surface area contributed by atoms with Crippen LogP contribution in [-0.4, -0.2) is 58.6 Å². The van der Waals surface area contributed by atoms with Gasteiger partial charge in [-0.1, -0.05) is 43.3 Å². The lowest BCUT2D eigenvalue weighted by molar-refractivity contribution is 0.202. The molecule has 0 amide bonds. The van der Waals surface area contributed by atoms with Crippen LogP contribution >= 0.6 is 0 Å². The van der Waals surface area contributed by atoms with Gasteiger partial charge in [0.2, 0.25) is 0 Å². The summed E-state index contributed by atoms with van der Waals surface area (Å²) in [5, 5.41) is -1.10. The van der Waals surface area contributed by atoms with Gasteiger partial charge in [0.05, 0.1) is 15.5 Å². The number of likely N-dealkylation sites (tertiary alicyclic amines) is 1. The molecule has 0 N–H and O–H groups in total. The molecule has 2 heterocycles. The number of fused-ring (bicyclic) bond motifs is 1. The molecule has 172 valence electrons. The Hall–Kier alpha value is -2.16. The van der Waals surface area contributed by atoms with Gasteiger partial charge in [0, 0.05) is 19.6 Å². The van der Waals surface area contributed by atoms with E-state index in [1.165, 1.54) is 37.5 Å². The van der Waals surface area contributed by atoms with Gasteiger partial charge in [-0.2, -0.15) is 0 Å². The van der Waals surface area contributed by atoms with Crippen molar-refractivity contribution in [3.8, 4) is 0 Å². The molecule has 2 aromatic carbocycles. The highest BCUT2D eigenvalue weighted by atomic mass is 32.2. The lowest BCUT2D eigenvalue weighted by Gasteiger charge is -2.30. The number of hydrogen-bond acceptors (Lipinski definition) is 6. The molecule has 6 nitrogen and oxygen atoms in total. The minimum absolute atomic E-state index is 0.138. The molecule has 0 bridgehead atoms. The van der Waals surface area contributed by atoms with E-state index >= 15 is 0 Å². The number of nitrogens with zero attached hydrogens (tertiary/aromatic N) is 2. The molecule has 0 aliphatic carbocycles. The number of hydrogen-bond donors (Lipinski definition) is 0. The summed E-state index contributed by atoms with van der Waals surface area (Å²) in [6.07, 6.45) is 5.48. The summed E-state index contributed by atoms with van der Waals surface area (Å²) < 4.78 is 52.6. The Balaban J connectivity index is 1.64. The molecule has 8 heteroatoms. The maximum Gasteiger partial charge on any atom is 0.186 e. The number of benzene rings is 2. The molecule has 1 unspecified atom stereocenters. The molecular formula is C24H30N2O4S2. The van der Waals surface area contributed by atoms with Crippen LogP contribution in [0.2, 0.25) is 0 Å². The van der Waals surface area contributed by atoms with Gasteiger partial charge in [-0.25, -0.2) is 16.8 Å². The molecule has 2 aliphatic rings. The number of piperidine rings is 1. The average molecular weight is 475 g/mol. The Morgan fingerprint density at radius 1 is 1.03 bits per heavy atom. The normalized spacial score (nSPS) is 20.6. The lowest BCUT2D eigenvalue weighted by Crippen LogP contribution is -2.36. The highest BCUT2D eigenvalue weighted by Gasteiger charge is 2.44. The number of rotatable bonds is 8. The minimum atomic E-state index is -3.85. The molecule has 2 aromatic rings. The third kappa shape index (κ3) is 4.63. The SMILES string of the molecule is C=CN(CCN1CCCCC1)Cc1cccc2c1C(S(=O)(=O)c1ccccc1)CS2(=O)=O. The van der Waals surface area contributed by atoms with E-state index < -0.39 is 30.7 Å². The first-order chi connectivity index (χ1) is 15.3. The van der Waals surface area contributed by atoms with Gasteiger partial charge in [-0.3, -0.25) is 0 Å². The Labute approximate surface area is 191 Å². The molecule has 1 atom stereocenters. The van der Waals surface area contributed by atoms with Crippen LogP contribution in [0.3, 0.4) is 0 Å². The second-order valence-electron chi connectivity index (χ2n) is 8.51. The van der Waals surface area contributed by atoms with Crippen LogP contribution in [0.5, 0.6) is 0 Å². The van der Waals surface area contributed by atoms with Gasteiger partial charge < -0.3 is 9.80 Å². The Bertz CT molecular complexity index is 1170. The van der Waals surface area contributed by atoms with E-state index in [1.807, 2.05) is 11.0 Å². The van der Waals surface area contributed by atoms with E-state index in [4.69, 9.17) is 0 Å². The summed E-state index contributed by atoms with van der Waals surface area (Å²) in [7, 11) is -7.52. The van der Waals surface area contributed by atoms with Crippen molar-refractivity contribution in [1.29, 1.82) is 0 Å². The van der Waals surface area contributed by atoms with Crippen molar-refractivity contribution in [3.05, 3.63) is 72.4 Å². The second kappa shape index (κ2) is 9.37. The third-order valence-electron chi connectivity index (χ3n) is 6.41. The van der Waals surface area contributed by atoms with Crippen molar-refractivity contribution >= 4 is 19.7 Å². The minimum Gasteiger partial charge on any atom is -0.372 e. The standard InChI is InChI=1S/C24H30N2O4S2/c1-2-25(16-17-26-14-7-4-8-15-26)18-20-10-9-13-22-24(20)23(19-31(22,27)28)32(29,30)21-11-5-3-6-12-21/h2-3,5-6,9-13,23H,1,4,7-8,14-19H2. The fourth-order valence-corrected chi connectivity index (χ4v) is 9.08. The zero-order chi connectivity index (χ0) is 22.8. The van der Waals surface area contributed by atoms with Crippen molar-refractivity contribution in [2.24, 2.45) is 0 Å². The first-order valence-electron chi connectivity index (χ1n) is 11.1. The number of sulfone groups is 2. The van der Waals surface area contributed by atoms with Gasteiger partial charge in [-0.15, -0.1) is 0 Å². The van der Waals surface area contributed by atoms with Crippen LogP contribution in [0.15, 0.2) is 71.1 Å². The molecule has 0 spiro atoms. The lowest BCUT2D eigenvalue weighted by atomic mass is 10.0. The van der Waals surface area contributed by atoms with E-state index in [0.29, 0.717) is 12.1 Å². The van der Waals surface area contributed by atoms with E-state index in [0.717, 1.165) is 31.7 Å². The summed E-state index contributed by atoms with van der Waals surface area (Å²) in [6.45, 7) is 8.22. The van der Waals surface area contributed by atoms with Crippen molar-refractivity contribution in [1.82, 2.24) is 9.80 Å². The van der Waals surface area contributed by atoms with Crippen molar-refractivity contribution in [2.75, 3.05) is 31.9 Å². The topological polar surface area (TPSA) is 74.8 Å². The van der Waals surface area contributed by atoms with Crippen LogP contribution < -0.4 is 0 Å². The van der Waals surface area contributed by atoms with Gasteiger partial charge in [0.15, 0.2) is 19.7 Å². The van der Waals surface area contributed by atoms with Crippen molar-refractivity contribution in [2.45, 2.75) is 40.8 Å². The van der Waals surface area contributed by atoms with Crippen LogP contribution in [-0.2, 0) is 26.2 Å². The molecule has 0 radical (unpaired) electrons. The van der Waals surface area contributed by atoms with E-state index in [-0.39, 0.29) is 9.79 Å². The molecule has 4 rings (SSSR count). The van der Waals surface area contributed by atoms with Crippen molar-refractivity contribution in [3.63, 3.8) is 0 Å². The maximum atomic E-state index is 13.4. The fourth-order valence-electron chi connectivity index (χ4n) is 4.66. The summed E-state index contributed by atoms with van der Waals surface area (Å²) in [6, 6.07) is 13.2. The Kier molecular flexibility index (Phi) is 6.74. The monoisotopic (exact) mass is 474 g/mol. The molecule has 0 saturated carbocycles. The molecule has 0 aromatic heterocycles. The fraction of sp³-hybridized carbons (Fsp3) is 0.417. The van der Waals surface area contributed by atoms with Crippen LogP contribution in [0.1, 0.15) is 35.6 Å². The van der Waals surface area contributed by atoms with Crippen LogP contribution in [0, 0.1) is 0 Å². The third-order valence-corrected chi connectivity index (χ3v) is 10.5. The highest BCUT2D eigenvalue weighted by Crippen LogP contribution is 2.43. The second-order valence-corrected chi connectivity index (χ2v) is 12.6. The molecule has 1 saturated heterocycles. The van der Waals surface area contributed by atoms with Gasteiger partial charge in [0.25, 0.3) is 0 Å². The first-order valence-corrected chi connectivity index (χ1v) is 14.3. The van der Waals surface area contributed by atoms with Gasteiger partial charge in [0.1, 0.15) is 5.25 Å². The zero-order valence-corrected chi connectivity index (χ0v) is 19.8. The smallest absolute Gasteiger partial charge is 0.186 e. The quantitative estimate of drug-likeness (QED) is 0.584. The summed E-state index contributed by atoms with van der Waals surface area (Å²) in [5.41, 5.74) is 1.15. The van der Waals surface area contributed by atoms with E-state index in [9.17, 15) is 16.8 Å². The summed E-state index contributed by atoms with van der Waals surface area (Å²) in [4.78, 5) is 4.76. The summed E-state index contributed by atoms with van der Waals surface area (Å²) >= 11 is 0. The molecule has 2 aliphatic heterocycles. The largest absolute Gasteiger partial charge is 0.372 e. The Morgan fingerprint density at radius 3 is 2.44 bits per heavy atom. The first kappa shape index (κ1) is 23.0. The molecular weight excluding hydrogens is 444 g/mol. The highest BCUT2D eigenvalue weighted by molar-refractivity contribution is 7.96. The average Bonchev–Trinajstić information content (AvgIpc) is 3.10. The van der Waals surface area contributed by atoms with E-state index in [2.05, 4.69) is 11.5 Å². The van der Waals surface area contributed by atoms with E-state index in [1.54, 1.807) is 30.5 Å². The maximum absolute atomic E-state index is 13.4.